The van der Waals surface area contributed by atoms with Crippen molar-refractivity contribution >= 4 is 22.7 Å². The van der Waals surface area contributed by atoms with Gasteiger partial charge in [0.25, 0.3) is 17.4 Å². The molecule has 2 aromatic heterocycles. The lowest BCUT2D eigenvalue weighted by atomic mass is 9.89. The number of H-pyrrole nitrogens is 1. The summed E-state index contributed by atoms with van der Waals surface area (Å²) in [4.78, 5) is 43.1. The first kappa shape index (κ1) is 25.1. The van der Waals surface area contributed by atoms with Crippen LogP contribution in [0.4, 0.5) is 0 Å². The molecule has 2 atom stereocenters. The van der Waals surface area contributed by atoms with Gasteiger partial charge >= 0.3 is 0 Å². The van der Waals surface area contributed by atoms with Crippen LogP contribution in [0.15, 0.2) is 35.1 Å². The van der Waals surface area contributed by atoms with Gasteiger partial charge in [-0.15, -0.1) is 0 Å². The van der Waals surface area contributed by atoms with Gasteiger partial charge in [-0.1, -0.05) is 18.2 Å². The third kappa shape index (κ3) is 4.75. The van der Waals surface area contributed by atoms with E-state index in [9.17, 15) is 14.4 Å². The Bertz CT molecular complexity index is 1400. The number of para-hydroxylation sites is 1. The van der Waals surface area contributed by atoms with Gasteiger partial charge in [-0.3, -0.25) is 14.4 Å². The van der Waals surface area contributed by atoms with E-state index in [1.807, 2.05) is 36.1 Å². The molecule has 2 amide bonds. The summed E-state index contributed by atoms with van der Waals surface area (Å²) in [5.74, 6) is 0.709. The molecule has 0 radical (unpaired) electrons. The zero-order valence-electron chi connectivity index (χ0n) is 21.8. The van der Waals surface area contributed by atoms with Gasteiger partial charge in [0.1, 0.15) is 5.75 Å². The summed E-state index contributed by atoms with van der Waals surface area (Å²) >= 11 is 0. The number of piperidine rings is 1. The molecule has 1 aromatic carbocycles. The topological polar surface area (TPSA) is 109 Å². The number of ether oxygens (including phenoxy) is 2. The van der Waals surface area contributed by atoms with Crippen molar-refractivity contribution in [2.75, 3.05) is 26.8 Å². The van der Waals surface area contributed by atoms with Crippen molar-refractivity contribution in [2.45, 2.75) is 52.3 Å². The number of pyridine rings is 1. The Hall–Kier alpha value is -3.59. The average molecular weight is 507 g/mol. The Kier molecular flexibility index (Phi) is 6.81. The largest absolute Gasteiger partial charge is 0.496 e. The highest BCUT2D eigenvalue weighted by Gasteiger charge is 2.37. The smallest absolute Gasteiger partial charge is 0.256 e. The highest BCUT2D eigenvalue weighted by atomic mass is 16.6. The molecule has 0 saturated carbocycles. The number of hydrogen-bond donors (Lipinski definition) is 2. The number of rotatable bonds is 7. The molecule has 2 aliphatic heterocycles. The zero-order chi connectivity index (χ0) is 26.3. The minimum atomic E-state index is -0.275. The van der Waals surface area contributed by atoms with Crippen LogP contribution < -0.4 is 15.6 Å². The minimum Gasteiger partial charge on any atom is -0.496 e. The summed E-state index contributed by atoms with van der Waals surface area (Å²) in [6.45, 7) is 8.02. The molecular formula is C28H34N4O5. The van der Waals surface area contributed by atoms with Crippen molar-refractivity contribution in [1.29, 1.82) is 0 Å². The predicted molar refractivity (Wildman–Crippen MR) is 140 cm³/mol. The van der Waals surface area contributed by atoms with Crippen molar-refractivity contribution in [1.82, 2.24) is 19.8 Å². The summed E-state index contributed by atoms with van der Waals surface area (Å²) in [7, 11) is 1.51. The van der Waals surface area contributed by atoms with E-state index in [4.69, 9.17) is 9.47 Å². The standard InChI is InChI=1S/C28H34N4O5/c1-16-13-23(36-4)21(26(33)30-16)14-29-27(34)25-18(3)32(22-8-6-5-7-20(22)25)17(2)19-9-11-31(12-10-19)28(35)24-15-37-24/h5-8,13,17,19,24H,9-12,14-15H2,1-4H3,(H,29,34)(H,30,33)/t17-,24?/m1/s1. The number of aryl methyl sites for hydroxylation is 1. The number of nitrogens with zero attached hydrogens (tertiary/aromatic N) is 2. The molecule has 2 N–H and O–H groups in total. The summed E-state index contributed by atoms with van der Waals surface area (Å²) in [6.07, 6.45) is 1.58. The van der Waals surface area contributed by atoms with Crippen molar-refractivity contribution < 1.29 is 19.1 Å². The van der Waals surface area contributed by atoms with E-state index in [0.29, 0.717) is 35.1 Å². The number of nitrogens with one attached hydrogen (secondary N) is 2. The number of hydrogen-bond acceptors (Lipinski definition) is 5. The molecule has 2 saturated heterocycles. The van der Waals surface area contributed by atoms with E-state index >= 15 is 0 Å². The van der Waals surface area contributed by atoms with Crippen molar-refractivity contribution in [3.8, 4) is 5.75 Å². The second-order valence-corrected chi connectivity index (χ2v) is 10.1. The van der Waals surface area contributed by atoms with Gasteiger partial charge in [0.2, 0.25) is 0 Å². The number of methoxy groups -OCH3 is 1. The zero-order valence-corrected chi connectivity index (χ0v) is 21.8. The summed E-state index contributed by atoms with van der Waals surface area (Å²) in [6, 6.07) is 9.84. The van der Waals surface area contributed by atoms with E-state index in [1.54, 1.807) is 13.0 Å². The van der Waals surface area contributed by atoms with E-state index in [-0.39, 0.29) is 36.1 Å². The molecule has 3 aromatic rings. The summed E-state index contributed by atoms with van der Waals surface area (Å²) < 4.78 is 12.8. The normalized spacial score (nSPS) is 18.6. The summed E-state index contributed by atoms with van der Waals surface area (Å²) in [5.41, 5.74) is 3.32. The van der Waals surface area contributed by atoms with E-state index in [0.717, 1.165) is 42.5 Å². The fraction of sp³-hybridized carbons (Fsp3) is 0.464. The maximum atomic E-state index is 13.5. The SMILES string of the molecule is COc1cc(C)[nH]c(=O)c1CNC(=O)c1c(C)n([C@H](C)C2CCN(C(=O)C3CO3)CC2)c2ccccc12. The van der Waals surface area contributed by atoms with Crippen LogP contribution in [0.3, 0.4) is 0 Å². The monoisotopic (exact) mass is 506 g/mol. The Morgan fingerprint density at radius 3 is 2.59 bits per heavy atom. The number of aromatic amines is 1. The van der Waals surface area contributed by atoms with Crippen LogP contribution in [0.2, 0.25) is 0 Å². The number of benzene rings is 1. The Morgan fingerprint density at radius 2 is 1.92 bits per heavy atom. The number of carbonyl (C=O) groups excluding carboxylic acids is 2. The van der Waals surface area contributed by atoms with Crippen molar-refractivity contribution in [2.24, 2.45) is 5.92 Å². The van der Waals surface area contributed by atoms with Gasteiger partial charge in [0.15, 0.2) is 6.10 Å². The Morgan fingerprint density at radius 1 is 1.22 bits per heavy atom. The lowest BCUT2D eigenvalue weighted by molar-refractivity contribution is -0.134. The molecule has 37 heavy (non-hydrogen) atoms. The fourth-order valence-corrected chi connectivity index (χ4v) is 5.70. The quantitative estimate of drug-likeness (QED) is 0.479. The highest BCUT2D eigenvalue weighted by molar-refractivity contribution is 6.08. The predicted octanol–water partition coefficient (Wildman–Crippen LogP) is 3.08. The number of fused-ring (bicyclic) bond motifs is 1. The molecule has 9 nitrogen and oxygen atoms in total. The molecule has 2 aliphatic rings. The van der Waals surface area contributed by atoms with Gasteiger partial charge in [0, 0.05) is 41.4 Å². The summed E-state index contributed by atoms with van der Waals surface area (Å²) in [5, 5.41) is 3.82. The molecule has 0 bridgehead atoms. The number of amides is 2. The molecule has 5 rings (SSSR count). The fourth-order valence-electron chi connectivity index (χ4n) is 5.70. The number of epoxide rings is 1. The molecule has 4 heterocycles. The first-order valence-corrected chi connectivity index (χ1v) is 12.8. The second-order valence-electron chi connectivity index (χ2n) is 10.1. The molecule has 196 valence electrons. The lowest BCUT2D eigenvalue weighted by Crippen LogP contribution is -2.42. The van der Waals surface area contributed by atoms with Crippen molar-refractivity contribution in [3.05, 3.63) is 63.2 Å². The number of likely N-dealkylation sites (tertiary alicyclic amines) is 1. The van der Waals surface area contributed by atoms with E-state index in [1.165, 1.54) is 7.11 Å². The van der Waals surface area contributed by atoms with E-state index < -0.39 is 0 Å². The maximum absolute atomic E-state index is 13.5. The third-order valence-electron chi connectivity index (χ3n) is 7.81. The molecule has 0 aliphatic carbocycles. The average Bonchev–Trinajstić information content (AvgIpc) is 3.70. The maximum Gasteiger partial charge on any atom is 0.256 e. The Labute approximate surface area is 215 Å². The Balaban J connectivity index is 1.38. The first-order chi connectivity index (χ1) is 17.8. The molecule has 2 fully saturated rings. The van der Waals surface area contributed by atoms with Crippen LogP contribution in [0.1, 0.15) is 53.1 Å². The van der Waals surface area contributed by atoms with Crippen LogP contribution in [0.25, 0.3) is 10.9 Å². The van der Waals surface area contributed by atoms with Gasteiger partial charge in [-0.2, -0.15) is 0 Å². The first-order valence-electron chi connectivity index (χ1n) is 12.8. The molecular weight excluding hydrogens is 472 g/mol. The highest BCUT2D eigenvalue weighted by Crippen LogP contribution is 2.36. The van der Waals surface area contributed by atoms with Crippen LogP contribution in [-0.4, -0.2) is 59.2 Å². The second kappa shape index (κ2) is 10.0. The van der Waals surface area contributed by atoms with Gasteiger partial charge in [-0.25, -0.2) is 0 Å². The van der Waals surface area contributed by atoms with Gasteiger partial charge in [0.05, 0.1) is 31.4 Å². The van der Waals surface area contributed by atoms with Crippen molar-refractivity contribution in [3.63, 3.8) is 0 Å². The number of aromatic nitrogens is 2. The van der Waals surface area contributed by atoms with Crippen LogP contribution in [0, 0.1) is 19.8 Å². The molecule has 0 spiro atoms. The third-order valence-corrected chi connectivity index (χ3v) is 7.81. The van der Waals surface area contributed by atoms with Crippen LogP contribution in [-0.2, 0) is 16.1 Å². The number of carbonyl (C=O) groups is 2. The minimum absolute atomic E-state index is 0.0588. The van der Waals surface area contributed by atoms with Crippen LogP contribution >= 0.6 is 0 Å². The van der Waals surface area contributed by atoms with E-state index in [2.05, 4.69) is 21.8 Å². The van der Waals surface area contributed by atoms with Crippen LogP contribution in [0.5, 0.6) is 5.75 Å². The lowest BCUT2D eigenvalue weighted by Gasteiger charge is -2.36. The molecule has 1 unspecified atom stereocenters. The molecule has 9 heteroatoms. The van der Waals surface area contributed by atoms with Gasteiger partial charge in [-0.05, 0) is 51.7 Å². The van der Waals surface area contributed by atoms with Gasteiger partial charge < -0.3 is 29.2 Å².